The van der Waals surface area contributed by atoms with Gasteiger partial charge in [-0.1, -0.05) is 6.07 Å². The van der Waals surface area contributed by atoms with E-state index in [4.69, 9.17) is 5.14 Å². The number of anilines is 2. The van der Waals surface area contributed by atoms with Crippen LogP contribution >= 0.6 is 11.3 Å². The molecule has 0 amide bonds. The van der Waals surface area contributed by atoms with Gasteiger partial charge in [-0.3, -0.25) is 10.1 Å². The number of hydrogen-bond donors (Lipinski definition) is 2. The first kappa shape index (κ1) is 18.5. The van der Waals surface area contributed by atoms with Crippen LogP contribution in [0.15, 0.2) is 28.5 Å². The number of nitrogens with one attached hydrogen (secondary N) is 1. The van der Waals surface area contributed by atoms with Crippen LogP contribution in [0.3, 0.4) is 0 Å². The van der Waals surface area contributed by atoms with Crippen molar-refractivity contribution in [1.29, 1.82) is 0 Å². The molecule has 0 saturated carbocycles. The molecule has 1 fully saturated rings. The average molecular weight is 397 g/mol. The Labute approximate surface area is 155 Å². The normalized spacial score (nSPS) is 15.8. The maximum atomic E-state index is 11.7. The number of primary sulfonamides is 1. The Balaban J connectivity index is 1.78. The molecule has 0 bridgehead atoms. The summed E-state index contributed by atoms with van der Waals surface area (Å²) in [5.74, 6) is 0. The Morgan fingerprint density at radius 2 is 2.08 bits per heavy atom. The van der Waals surface area contributed by atoms with Crippen molar-refractivity contribution < 1.29 is 13.3 Å². The first-order valence-corrected chi connectivity index (χ1v) is 10.4. The number of nitrogens with two attached hydrogens (primary N) is 1. The lowest BCUT2D eigenvalue weighted by Gasteiger charge is -2.33. The van der Waals surface area contributed by atoms with Gasteiger partial charge in [0.25, 0.3) is 0 Å². The van der Waals surface area contributed by atoms with Crippen molar-refractivity contribution in [2.45, 2.75) is 30.7 Å². The maximum Gasteiger partial charge on any atom is 0.312 e. The molecule has 9 nitrogen and oxygen atoms in total. The van der Waals surface area contributed by atoms with Gasteiger partial charge >= 0.3 is 5.69 Å². The van der Waals surface area contributed by atoms with Gasteiger partial charge < -0.3 is 10.2 Å². The lowest BCUT2D eigenvalue weighted by molar-refractivity contribution is -0.387. The summed E-state index contributed by atoms with van der Waals surface area (Å²) >= 11 is 1.55. The Morgan fingerprint density at radius 1 is 1.38 bits per heavy atom. The number of benzene rings is 1. The minimum atomic E-state index is -4.18. The van der Waals surface area contributed by atoms with Gasteiger partial charge in [0.15, 0.2) is 10.0 Å². The van der Waals surface area contributed by atoms with E-state index in [-0.39, 0.29) is 11.7 Å². The van der Waals surface area contributed by atoms with Crippen LogP contribution in [0.2, 0.25) is 0 Å². The van der Waals surface area contributed by atoms with E-state index in [0.29, 0.717) is 13.1 Å². The molecule has 0 unspecified atom stereocenters. The molecule has 1 aromatic heterocycles. The topological polar surface area (TPSA) is 131 Å². The standard InChI is InChI=1S/C15H19N5O4S2/c1-10-9-25-15(17-10)18-11-5-7-19(8-6-11)12-3-2-4-13(26(16,23)24)14(12)20(21)22/h2-4,9,11H,5-8H2,1H3,(H,17,18)(H2,16,23,24). The van der Waals surface area contributed by atoms with Gasteiger partial charge in [0.05, 0.1) is 10.6 Å². The number of aryl methyl sites for hydroxylation is 1. The predicted octanol–water partition coefficient (Wildman–Crippen LogP) is 2.09. The number of nitro benzene ring substituents is 1. The van der Waals surface area contributed by atoms with Crippen LogP contribution in [0.4, 0.5) is 16.5 Å². The van der Waals surface area contributed by atoms with Gasteiger partial charge in [-0.05, 0) is 31.9 Å². The quantitative estimate of drug-likeness (QED) is 0.583. The molecule has 1 aliphatic heterocycles. The minimum absolute atomic E-state index is 0.220. The van der Waals surface area contributed by atoms with Crippen LogP contribution in [0, 0.1) is 17.0 Å². The lowest BCUT2D eigenvalue weighted by atomic mass is 10.0. The van der Waals surface area contributed by atoms with E-state index in [1.165, 1.54) is 6.07 Å². The van der Waals surface area contributed by atoms with Crippen LogP contribution in [-0.4, -0.2) is 37.5 Å². The number of para-hydroxylation sites is 1. The summed E-state index contributed by atoms with van der Waals surface area (Å²) in [6.07, 6.45) is 1.52. The Hall–Kier alpha value is -2.24. The van der Waals surface area contributed by atoms with E-state index in [1.54, 1.807) is 17.4 Å². The zero-order valence-corrected chi connectivity index (χ0v) is 15.7. The maximum absolute atomic E-state index is 11.7. The molecule has 3 rings (SSSR count). The van der Waals surface area contributed by atoms with Crippen LogP contribution in [0.1, 0.15) is 18.5 Å². The second-order valence-corrected chi connectivity index (χ2v) is 8.51. The number of aromatic nitrogens is 1. The van der Waals surface area contributed by atoms with Gasteiger partial charge in [-0.15, -0.1) is 11.3 Å². The van der Waals surface area contributed by atoms with Gasteiger partial charge in [-0.25, -0.2) is 18.5 Å². The molecule has 2 aromatic rings. The molecule has 140 valence electrons. The van der Waals surface area contributed by atoms with Crippen molar-refractivity contribution in [2.75, 3.05) is 23.3 Å². The van der Waals surface area contributed by atoms with Crippen molar-refractivity contribution in [3.05, 3.63) is 39.4 Å². The van der Waals surface area contributed by atoms with E-state index in [2.05, 4.69) is 10.3 Å². The molecule has 1 aliphatic rings. The Bertz CT molecular complexity index is 920. The first-order chi connectivity index (χ1) is 12.3. The van der Waals surface area contributed by atoms with E-state index < -0.39 is 25.5 Å². The van der Waals surface area contributed by atoms with Gasteiger partial charge in [0, 0.05) is 24.5 Å². The zero-order valence-electron chi connectivity index (χ0n) is 14.1. The summed E-state index contributed by atoms with van der Waals surface area (Å²) in [6, 6.07) is 4.42. The van der Waals surface area contributed by atoms with Crippen LogP contribution in [-0.2, 0) is 10.0 Å². The minimum Gasteiger partial charge on any atom is -0.366 e. The smallest absolute Gasteiger partial charge is 0.312 e. The van der Waals surface area contributed by atoms with Crippen molar-refractivity contribution >= 4 is 37.9 Å². The lowest BCUT2D eigenvalue weighted by Crippen LogP contribution is -2.39. The molecule has 0 radical (unpaired) electrons. The highest BCUT2D eigenvalue weighted by atomic mass is 32.2. The SMILES string of the molecule is Cc1csc(NC2CCN(c3cccc(S(N)(=O)=O)c3[N+](=O)[O-])CC2)n1. The zero-order chi connectivity index (χ0) is 18.9. The highest BCUT2D eigenvalue weighted by molar-refractivity contribution is 7.89. The second kappa shape index (κ2) is 7.17. The third kappa shape index (κ3) is 3.94. The third-order valence-corrected chi connectivity index (χ3v) is 6.08. The fourth-order valence-corrected chi connectivity index (χ4v) is 4.52. The number of sulfonamides is 1. The van der Waals surface area contributed by atoms with Crippen molar-refractivity contribution in [3.63, 3.8) is 0 Å². The fourth-order valence-electron chi connectivity index (χ4n) is 3.04. The molecule has 0 spiro atoms. The summed E-state index contributed by atoms with van der Waals surface area (Å²) in [6.45, 7) is 3.07. The molecule has 1 aromatic carbocycles. The van der Waals surface area contributed by atoms with Crippen molar-refractivity contribution in [3.8, 4) is 0 Å². The van der Waals surface area contributed by atoms with Crippen LogP contribution < -0.4 is 15.4 Å². The molecule has 11 heteroatoms. The number of nitro groups is 1. The molecule has 3 N–H and O–H groups in total. The monoisotopic (exact) mass is 397 g/mol. The van der Waals surface area contributed by atoms with E-state index >= 15 is 0 Å². The molecule has 1 saturated heterocycles. The average Bonchev–Trinajstić information content (AvgIpc) is 2.99. The van der Waals surface area contributed by atoms with Gasteiger partial charge in [0.2, 0.25) is 10.0 Å². The van der Waals surface area contributed by atoms with Gasteiger partial charge in [0.1, 0.15) is 5.69 Å². The van der Waals surface area contributed by atoms with Crippen molar-refractivity contribution in [1.82, 2.24) is 4.98 Å². The first-order valence-electron chi connectivity index (χ1n) is 7.99. The van der Waals surface area contributed by atoms with Crippen LogP contribution in [0.25, 0.3) is 0 Å². The van der Waals surface area contributed by atoms with E-state index in [1.807, 2.05) is 17.2 Å². The van der Waals surface area contributed by atoms with E-state index in [0.717, 1.165) is 29.7 Å². The summed E-state index contributed by atoms with van der Waals surface area (Å²) in [4.78, 5) is 16.6. The third-order valence-electron chi connectivity index (χ3n) is 4.25. The number of piperidine rings is 1. The number of thiazole rings is 1. The molecule has 2 heterocycles. The fraction of sp³-hybridized carbons (Fsp3) is 0.400. The molecule has 0 atom stereocenters. The van der Waals surface area contributed by atoms with Crippen LogP contribution in [0.5, 0.6) is 0 Å². The molecule has 0 aliphatic carbocycles. The van der Waals surface area contributed by atoms with E-state index in [9.17, 15) is 18.5 Å². The molecular weight excluding hydrogens is 378 g/mol. The van der Waals surface area contributed by atoms with Crippen molar-refractivity contribution in [2.24, 2.45) is 5.14 Å². The highest BCUT2D eigenvalue weighted by Crippen LogP contribution is 2.35. The highest BCUT2D eigenvalue weighted by Gasteiger charge is 2.31. The molecular formula is C15H19N5O4S2. The number of rotatable bonds is 5. The number of nitrogens with zero attached hydrogens (tertiary/aromatic N) is 3. The predicted molar refractivity (Wildman–Crippen MR) is 100 cm³/mol. The Kier molecular flexibility index (Phi) is 5.12. The Morgan fingerprint density at radius 3 is 2.62 bits per heavy atom. The molecule has 26 heavy (non-hydrogen) atoms. The summed E-state index contributed by atoms with van der Waals surface area (Å²) in [5.41, 5.74) is 0.785. The van der Waals surface area contributed by atoms with Gasteiger partial charge in [-0.2, -0.15) is 0 Å². The summed E-state index contributed by atoms with van der Waals surface area (Å²) in [7, 11) is -4.18. The summed E-state index contributed by atoms with van der Waals surface area (Å²) < 4.78 is 23.4. The summed E-state index contributed by atoms with van der Waals surface area (Å²) in [5, 5.41) is 22.8. The number of hydrogen-bond acceptors (Lipinski definition) is 8. The second-order valence-electron chi connectivity index (χ2n) is 6.13. The largest absolute Gasteiger partial charge is 0.366 e.